The Morgan fingerprint density at radius 2 is 1.65 bits per heavy atom. The molecule has 1 unspecified atom stereocenters. The second kappa shape index (κ2) is 11.9. The molecule has 0 radical (unpaired) electrons. The van der Waals surface area contributed by atoms with Crippen LogP contribution in [0.4, 0.5) is 0 Å². The van der Waals surface area contributed by atoms with Crippen LogP contribution in [0.15, 0.2) is 91.4 Å². The van der Waals surface area contributed by atoms with E-state index in [0.717, 1.165) is 5.56 Å². The first-order valence-corrected chi connectivity index (χ1v) is 13.0. The summed E-state index contributed by atoms with van der Waals surface area (Å²) in [6.07, 6.45) is 4.65. The summed E-state index contributed by atoms with van der Waals surface area (Å²) in [7, 11) is 0. The number of nitrogens with one attached hydrogen (secondary N) is 1. The van der Waals surface area contributed by atoms with Gasteiger partial charge in [0.15, 0.2) is 0 Å². The van der Waals surface area contributed by atoms with Crippen molar-refractivity contribution < 1.29 is 19.5 Å². The smallest absolute Gasteiger partial charge is 0.258 e. The zero-order valence-corrected chi connectivity index (χ0v) is 22.6. The van der Waals surface area contributed by atoms with Crippen LogP contribution < -0.4 is 5.32 Å². The molecular weight excluding hydrogens is 506 g/mol. The highest BCUT2D eigenvalue weighted by molar-refractivity contribution is 6.02. The number of hydrogen-bond donors (Lipinski definition) is 2. The fourth-order valence-corrected chi connectivity index (χ4v) is 4.95. The number of aromatic nitrogens is 1. The zero-order chi connectivity index (χ0) is 28.9. The normalized spacial score (nSPS) is 17.4. The summed E-state index contributed by atoms with van der Waals surface area (Å²) < 4.78 is 0. The third kappa shape index (κ3) is 5.77. The minimum atomic E-state index is -2.44. The molecule has 3 aromatic rings. The van der Waals surface area contributed by atoms with Crippen LogP contribution in [0.5, 0.6) is 0 Å². The highest BCUT2D eigenvalue weighted by atomic mass is 16.3. The standard InChI is InChI=1S/C31H31N5O4/c1-21(2)28-30(39)36(27(18-23-10-6-4-7-11-23)31(40,20-32)34-22(3)37)26(24-12-8-5-9-13-24)19-35(28)29(38)25-14-16-33-17-15-25/h4-17,19,21,27-28,40H,18H2,1-3H3,(H,34,37)/t27-,28+,31?/m0/s1. The predicted octanol–water partition coefficient (Wildman–Crippen LogP) is 3.35. The van der Waals surface area contributed by atoms with Gasteiger partial charge in [-0.2, -0.15) is 5.26 Å². The maximum atomic E-state index is 14.5. The van der Waals surface area contributed by atoms with Gasteiger partial charge in [0, 0.05) is 31.1 Å². The van der Waals surface area contributed by atoms with Crippen molar-refractivity contribution in [1.29, 1.82) is 5.26 Å². The van der Waals surface area contributed by atoms with Gasteiger partial charge in [0.1, 0.15) is 18.2 Å². The van der Waals surface area contributed by atoms with Crippen LogP contribution in [0.25, 0.3) is 5.70 Å². The molecule has 1 aromatic heterocycles. The molecule has 0 fully saturated rings. The largest absolute Gasteiger partial charge is 0.358 e. The Morgan fingerprint density at radius 1 is 1.05 bits per heavy atom. The number of nitriles is 1. The molecule has 3 atom stereocenters. The average molecular weight is 538 g/mol. The Bertz CT molecular complexity index is 1440. The molecule has 9 nitrogen and oxygen atoms in total. The first-order chi connectivity index (χ1) is 19.2. The maximum absolute atomic E-state index is 14.5. The summed E-state index contributed by atoms with van der Waals surface area (Å²) in [5.74, 6) is -1.84. The molecule has 9 heteroatoms. The molecule has 2 aromatic carbocycles. The van der Waals surface area contributed by atoms with Crippen LogP contribution in [-0.2, 0) is 16.0 Å². The van der Waals surface area contributed by atoms with Crippen LogP contribution in [0, 0.1) is 17.2 Å². The van der Waals surface area contributed by atoms with Crippen LogP contribution in [0.3, 0.4) is 0 Å². The van der Waals surface area contributed by atoms with Crippen molar-refractivity contribution in [3.8, 4) is 6.07 Å². The van der Waals surface area contributed by atoms with Crippen molar-refractivity contribution in [2.45, 2.75) is 45.0 Å². The van der Waals surface area contributed by atoms with Crippen molar-refractivity contribution in [1.82, 2.24) is 20.1 Å². The van der Waals surface area contributed by atoms with Gasteiger partial charge in [0.2, 0.25) is 11.6 Å². The molecule has 0 bridgehead atoms. The van der Waals surface area contributed by atoms with E-state index in [1.807, 2.05) is 56.3 Å². The van der Waals surface area contributed by atoms with Gasteiger partial charge in [-0.1, -0.05) is 74.5 Å². The van der Waals surface area contributed by atoms with Gasteiger partial charge in [0.25, 0.3) is 11.8 Å². The number of amides is 3. The molecule has 1 aliphatic rings. The first kappa shape index (κ1) is 28.2. The van der Waals surface area contributed by atoms with Crippen molar-refractivity contribution in [2.24, 2.45) is 5.92 Å². The molecular formula is C31H31N5O4. The third-order valence-corrected chi connectivity index (χ3v) is 6.78. The fourth-order valence-electron chi connectivity index (χ4n) is 4.95. The highest BCUT2D eigenvalue weighted by Gasteiger charge is 2.50. The Balaban J connectivity index is 1.96. The van der Waals surface area contributed by atoms with Crippen LogP contribution >= 0.6 is 0 Å². The SMILES string of the molecule is CC(=O)NC(O)(C#N)[C@H](Cc1ccccc1)N1C(=O)[C@@H](C(C)C)N(C(=O)c2ccncc2)C=C1c1ccccc1. The van der Waals surface area contributed by atoms with E-state index in [4.69, 9.17) is 0 Å². The van der Waals surface area contributed by atoms with Crippen LogP contribution in [0.1, 0.15) is 42.3 Å². The average Bonchev–Trinajstić information content (AvgIpc) is 2.96. The van der Waals surface area contributed by atoms with Crippen molar-refractivity contribution in [3.05, 3.63) is 108 Å². The Kier molecular flexibility index (Phi) is 8.41. The molecule has 0 saturated heterocycles. The zero-order valence-electron chi connectivity index (χ0n) is 22.6. The van der Waals surface area contributed by atoms with Gasteiger partial charge in [-0.05, 0) is 35.6 Å². The second-order valence-corrected chi connectivity index (χ2v) is 9.99. The number of hydrogen-bond acceptors (Lipinski definition) is 6. The Labute approximate surface area is 233 Å². The van der Waals surface area contributed by atoms with Crippen molar-refractivity contribution in [3.63, 3.8) is 0 Å². The van der Waals surface area contributed by atoms with E-state index in [9.17, 15) is 24.8 Å². The van der Waals surface area contributed by atoms with Gasteiger partial charge >= 0.3 is 0 Å². The first-order valence-electron chi connectivity index (χ1n) is 13.0. The summed E-state index contributed by atoms with van der Waals surface area (Å²) in [5.41, 5.74) is -0.442. The minimum Gasteiger partial charge on any atom is -0.358 e. The number of aliphatic hydroxyl groups is 1. The number of benzene rings is 2. The molecule has 1 aliphatic heterocycles. The van der Waals surface area contributed by atoms with E-state index in [1.165, 1.54) is 29.1 Å². The van der Waals surface area contributed by atoms with E-state index in [0.29, 0.717) is 16.8 Å². The highest BCUT2D eigenvalue weighted by Crippen LogP contribution is 2.36. The van der Waals surface area contributed by atoms with Crippen molar-refractivity contribution in [2.75, 3.05) is 0 Å². The van der Waals surface area contributed by atoms with E-state index in [-0.39, 0.29) is 18.2 Å². The Morgan fingerprint density at radius 3 is 2.20 bits per heavy atom. The second-order valence-electron chi connectivity index (χ2n) is 9.99. The molecule has 40 heavy (non-hydrogen) atoms. The number of carbonyl (C=O) groups is 3. The molecule has 0 aliphatic carbocycles. The summed E-state index contributed by atoms with van der Waals surface area (Å²) in [5, 5.41) is 24.2. The quantitative estimate of drug-likeness (QED) is 0.335. The van der Waals surface area contributed by atoms with E-state index in [2.05, 4.69) is 10.3 Å². The van der Waals surface area contributed by atoms with Gasteiger partial charge in [0.05, 0.1) is 5.70 Å². The number of nitrogens with zero attached hydrogens (tertiary/aromatic N) is 4. The van der Waals surface area contributed by atoms with Gasteiger partial charge in [-0.3, -0.25) is 24.3 Å². The summed E-state index contributed by atoms with van der Waals surface area (Å²) in [4.78, 5) is 47.2. The van der Waals surface area contributed by atoms with Gasteiger partial charge in [-0.15, -0.1) is 0 Å². The monoisotopic (exact) mass is 537 g/mol. The van der Waals surface area contributed by atoms with Crippen molar-refractivity contribution >= 4 is 23.4 Å². The van der Waals surface area contributed by atoms with Crippen LogP contribution in [-0.4, -0.2) is 55.4 Å². The predicted molar refractivity (Wildman–Crippen MR) is 149 cm³/mol. The topological polar surface area (TPSA) is 127 Å². The maximum Gasteiger partial charge on any atom is 0.258 e. The summed E-state index contributed by atoms with van der Waals surface area (Å²) in [6.45, 7) is 4.84. The van der Waals surface area contributed by atoms with Gasteiger partial charge in [-0.25, -0.2) is 0 Å². The lowest BCUT2D eigenvalue weighted by molar-refractivity contribution is -0.144. The summed E-state index contributed by atoms with van der Waals surface area (Å²) >= 11 is 0. The molecule has 0 spiro atoms. The third-order valence-electron chi connectivity index (χ3n) is 6.78. The molecule has 3 amide bonds. The van der Waals surface area contributed by atoms with E-state index >= 15 is 0 Å². The minimum absolute atomic E-state index is 0.0458. The molecule has 0 saturated carbocycles. The number of rotatable bonds is 8. The lowest BCUT2D eigenvalue weighted by Gasteiger charge is -2.47. The summed E-state index contributed by atoms with van der Waals surface area (Å²) in [6, 6.07) is 20.9. The number of pyridine rings is 1. The fraction of sp³-hybridized carbons (Fsp3) is 0.258. The van der Waals surface area contributed by atoms with Gasteiger partial charge < -0.3 is 15.3 Å². The lowest BCUT2D eigenvalue weighted by atomic mass is 9.89. The molecule has 4 rings (SSSR count). The van der Waals surface area contributed by atoms with Crippen LogP contribution in [0.2, 0.25) is 0 Å². The molecule has 204 valence electrons. The molecule has 2 heterocycles. The van der Waals surface area contributed by atoms with E-state index in [1.54, 1.807) is 42.6 Å². The number of carbonyl (C=O) groups excluding carboxylic acids is 3. The Hall–Kier alpha value is -4.81. The molecule has 2 N–H and O–H groups in total. The lowest BCUT2D eigenvalue weighted by Crippen LogP contribution is -2.66. The van der Waals surface area contributed by atoms with E-state index < -0.39 is 29.6 Å².